The first kappa shape index (κ1) is 12.3. The van der Waals surface area contributed by atoms with E-state index in [1.54, 1.807) is 0 Å². The Kier molecular flexibility index (Phi) is 2.33. The summed E-state index contributed by atoms with van der Waals surface area (Å²) in [7, 11) is 0. The molecule has 6 nitrogen and oxygen atoms in total. The Balaban J connectivity index is 1.78. The van der Waals surface area contributed by atoms with Crippen molar-refractivity contribution < 1.29 is 0 Å². The second-order valence-corrected chi connectivity index (χ2v) is 5.50. The summed E-state index contributed by atoms with van der Waals surface area (Å²) < 4.78 is 1.83. The number of H-pyrrole nitrogens is 1. The van der Waals surface area contributed by atoms with Crippen LogP contribution >= 0.6 is 0 Å². The van der Waals surface area contributed by atoms with Crippen molar-refractivity contribution in [1.29, 1.82) is 0 Å². The number of allylic oxidation sites excluding steroid dienone is 1. The molecule has 0 amide bonds. The summed E-state index contributed by atoms with van der Waals surface area (Å²) in [4.78, 5) is 28.4. The third kappa shape index (κ3) is 1.75. The second-order valence-electron chi connectivity index (χ2n) is 5.50. The number of aromatic amines is 1. The lowest BCUT2D eigenvalue weighted by molar-refractivity contribution is 1.03. The Morgan fingerprint density at radius 2 is 1.96 bits per heavy atom. The maximum Gasteiger partial charge on any atom is 0.300 e. The smallest absolute Gasteiger partial charge is 0.300 e. The topological polar surface area (TPSA) is 75.9 Å². The molecule has 0 aliphatic heterocycles. The van der Waals surface area contributed by atoms with Crippen molar-refractivity contribution in [3.8, 4) is 0 Å². The lowest BCUT2D eigenvalue weighted by atomic mass is 10.1. The highest BCUT2D eigenvalue weighted by atomic mass is 16.1. The van der Waals surface area contributed by atoms with Gasteiger partial charge in [-0.25, -0.2) is 9.97 Å². The number of hydrogen-bond acceptors (Lipinski definition) is 4. The molecule has 3 aromatic heterocycles. The molecule has 1 aliphatic rings. The molecule has 0 atom stereocenters. The number of fused-ring (bicyclic) bond motifs is 5. The van der Waals surface area contributed by atoms with Crippen molar-refractivity contribution in [3.63, 3.8) is 0 Å². The predicted molar refractivity (Wildman–Crippen MR) is 86.9 cm³/mol. The van der Waals surface area contributed by atoms with Crippen LogP contribution in [0.2, 0.25) is 0 Å². The normalized spacial score (nSPS) is 12.9. The Hall–Kier alpha value is -3.28. The number of rotatable bonds is 2. The first-order chi connectivity index (χ1) is 11.3. The van der Waals surface area contributed by atoms with Crippen molar-refractivity contribution in [3.05, 3.63) is 69.2 Å². The van der Waals surface area contributed by atoms with Crippen molar-refractivity contribution >= 4 is 29.1 Å². The van der Waals surface area contributed by atoms with E-state index >= 15 is 0 Å². The Morgan fingerprint density at radius 3 is 2.83 bits per heavy atom. The summed E-state index contributed by atoms with van der Waals surface area (Å²) in [6.45, 7) is 0. The maximum absolute atomic E-state index is 12.2. The number of hydrogen-bond donors (Lipinski definition) is 1. The maximum atomic E-state index is 12.2. The average molecular weight is 301 g/mol. The second kappa shape index (κ2) is 4.36. The predicted octanol–water partition coefficient (Wildman–Crippen LogP) is 1.08. The standard InChI is InChI=1S/C17H11N5O/c23-16-14-15(20-13(19-14)9-10-5-2-1-3-6-10)22-12-8-4-7-11(12)18-17(22)21-16/h1-8H,9H2,(H,19,20). The highest BCUT2D eigenvalue weighted by Gasteiger charge is 2.16. The number of nitrogens with zero attached hydrogens (tertiary/aromatic N) is 4. The Morgan fingerprint density at radius 1 is 1.09 bits per heavy atom. The van der Waals surface area contributed by atoms with Crippen LogP contribution in [-0.4, -0.2) is 24.3 Å². The van der Waals surface area contributed by atoms with Gasteiger partial charge in [0.2, 0.25) is 5.78 Å². The van der Waals surface area contributed by atoms with Gasteiger partial charge in [-0.1, -0.05) is 36.4 Å². The molecule has 3 heterocycles. The monoisotopic (exact) mass is 301 g/mol. The SMILES string of the molecule is O=c1nc2nc3c(n2c2nc(Cc4ccccc4)[nH]c12)=CC=C3. The Labute approximate surface area is 129 Å². The molecule has 0 spiro atoms. The van der Waals surface area contributed by atoms with Crippen LogP contribution in [0.5, 0.6) is 0 Å². The van der Waals surface area contributed by atoms with E-state index in [4.69, 9.17) is 0 Å². The summed E-state index contributed by atoms with van der Waals surface area (Å²) in [6, 6.07) is 10.0. The third-order valence-electron chi connectivity index (χ3n) is 4.01. The molecular weight excluding hydrogens is 290 g/mol. The van der Waals surface area contributed by atoms with Gasteiger partial charge in [0.05, 0.1) is 11.0 Å². The molecule has 0 bridgehead atoms. The number of benzene rings is 1. The van der Waals surface area contributed by atoms with Crippen LogP contribution in [0.4, 0.5) is 0 Å². The zero-order valence-corrected chi connectivity index (χ0v) is 12.0. The van der Waals surface area contributed by atoms with Crippen molar-refractivity contribution in [2.24, 2.45) is 0 Å². The summed E-state index contributed by atoms with van der Waals surface area (Å²) in [5.41, 5.74) is 2.62. The van der Waals surface area contributed by atoms with Crippen LogP contribution in [0.15, 0.2) is 41.2 Å². The van der Waals surface area contributed by atoms with Gasteiger partial charge in [0.1, 0.15) is 5.82 Å². The zero-order valence-electron chi connectivity index (χ0n) is 12.0. The minimum atomic E-state index is -0.327. The van der Waals surface area contributed by atoms with E-state index in [2.05, 4.69) is 19.9 Å². The van der Waals surface area contributed by atoms with Crippen molar-refractivity contribution in [2.75, 3.05) is 0 Å². The van der Waals surface area contributed by atoms with Gasteiger partial charge in [-0.05, 0) is 17.7 Å². The van der Waals surface area contributed by atoms with Crippen LogP contribution < -0.4 is 10.9 Å². The molecule has 6 heteroatoms. The molecule has 5 rings (SSSR count). The van der Waals surface area contributed by atoms with Crippen LogP contribution in [0, 0.1) is 0 Å². The molecule has 23 heavy (non-hydrogen) atoms. The molecule has 0 unspecified atom stereocenters. The molecule has 0 radical (unpaired) electrons. The fraction of sp³-hybridized carbons (Fsp3) is 0.0588. The highest BCUT2D eigenvalue weighted by molar-refractivity contribution is 5.75. The highest BCUT2D eigenvalue weighted by Crippen LogP contribution is 2.13. The molecular formula is C17H11N5O. The quantitative estimate of drug-likeness (QED) is 0.601. The number of aromatic nitrogens is 5. The van der Waals surface area contributed by atoms with Gasteiger partial charge in [0.15, 0.2) is 11.2 Å². The van der Waals surface area contributed by atoms with E-state index in [1.807, 2.05) is 53.0 Å². The van der Waals surface area contributed by atoms with Gasteiger partial charge in [0.25, 0.3) is 0 Å². The van der Waals surface area contributed by atoms with Gasteiger partial charge in [0, 0.05) is 6.42 Å². The number of nitrogens with one attached hydrogen (secondary N) is 1. The summed E-state index contributed by atoms with van der Waals surface area (Å²) >= 11 is 0. The minimum absolute atomic E-state index is 0.327. The van der Waals surface area contributed by atoms with Gasteiger partial charge in [-0.2, -0.15) is 4.98 Å². The molecule has 1 N–H and O–H groups in total. The summed E-state index contributed by atoms with van der Waals surface area (Å²) in [5, 5.41) is 0.912. The van der Waals surface area contributed by atoms with E-state index in [-0.39, 0.29) is 5.56 Å². The van der Waals surface area contributed by atoms with Gasteiger partial charge in [-0.3, -0.25) is 9.20 Å². The third-order valence-corrected chi connectivity index (χ3v) is 4.01. The van der Waals surface area contributed by atoms with Crippen LogP contribution in [0.3, 0.4) is 0 Å². The molecule has 1 aromatic carbocycles. The lowest BCUT2D eigenvalue weighted by Gasteiger charge is -1.96. The molecule has 0 saturated carbocycles. The van der Waals surface area contributed by atoms with Crippen LogP contribution in [0.25, 0.3) is 29.1 Å². The van der Waals surface area contributed by atoms with Crippen molar-refractivity contribution in [2.45, 2.75) is 6.42 Å². The molecule has 110 valence electrons. The lowest BCUT2D eigenvalue weighted by Crippen LogP contribution is -2.16. The van der Waals surface area contributed by atoms with E-state index in [0.29, 0.717) is 23.4 Å². The molecule has 0 fully saturated rings. The molecule has 4 aromatic rings. The van der Waals surface area contributed by atoms with E-state index in [9.17, 15) is 4.79 Å². The molecule has 0 saturated heterocycles. The van der Waals surface area contributed by atoms with E-state index < -0.39 is 0 Å². The summed E-state index contributed by atoms with van der Waals surface area (Å²) in [5.74, 6) is 1.14. The summed E-state index contributed by atoms with van der Waals surface area (Å²) in [6.07, 6.45) is 6.41. The van der Waals surface area contributed by atoms with Crippen LogP contribution in [0.1, 0.15) is 17.1 Å². The first-order valence-electron chi connectivity index (χ1n) is 7.33. The van der Waals surface area contributed by atoms with E-state index in [1.165, 1.54) is 0 Å². The molecule has 1 aliphatic carbocycles. The van der Waals surface area contributed by atoms with Crippen LogP contribution in [-0.2, 0) is 6.42 Å². The fourth-order valence-corrected chi connectivity index (χ4v) is 2.98. The van der Waals surface area contributed by atoms with E-state index in [0.717, 1.165) is 22.4 Å². The zero-order chi connectivity index (χ0) is 15.4. The average Bonchev–Trinajstić information content (AvgIpc) is 3.22. The first-order valence-corrected chi connectivity index (χ1v) is 7.33. The Bertz CT molecular complexity index is 1200. The largest absolute Gasteiger partial charge is 0.336 e. The van der Waals surface area contributed by atoms with Crippen molar-refractivity contribution in [1.82, 2.24) is 24.3 Å². The number of imidazole rings is 2. The van der Waals surface area contributed by atoms with Gasteiger partial charge >= 0.3 is 5.56 Å². The van der Waals surface area contributed by atoms with Gasteiger partial charge < -0.3 is 4.98 Å². The van der Waals surface area contributed by atoms with Gasteiger partial charge in [-0.15, -0.1) is 0 Å². The minimum Gasteiger partial charge on any atom is -0.336 e. The fourth-order valence-electron chi connectivity index (χ4n) is 2.98.